The molecule has 1 atom stereocenters. The molecule has 86 valence electrons. The Labute approximate surface area is 99.8 Å². The predicted octanol–water partition coefficient (Wildman–Crippen LogP) is 2.56. The third-order valence-electron chi connectivity index (χ3n) is 2.58. The van der Waals surface area contributed by atoms with Crippen molar-refractivity contribution in [2.24, 2.45) is 5.73 Å². The summed E-state index contributed by atoms with van der Waals surface area (Å²) in [5.41, 5.74) is 9.08. The van der Waals surface area contributed by atoms with Crippen LogP contribution in [0.15, 0.2) is 23.4 Å². The lowest BCUT2D eigenvalue weighted by Gasteiger charge is -2.03. The lowest BCUT2D eigenvalue weighted by molar-refractivity contribution is 0.938. The first-order valence-electron chi connectivity index (χ1n) is 5.58. The number of fused-ring (bicyclic) bond motifs is 1. The number of nitrogens with zero attached hydrogens (tertiary/aromatic N) is 1. The summed E-state index contributed by atoms with van der Waals surface area (Å²) in [7, 11) is 0. The molecule has 0 spiro atoms. The Bertz CT molecular complexity index is 478. The van der Waals surface area contributed by atoms with Crippen LogP contribution in [0.25, 0.3) is 11.0 Å². The molecule has 0 fully saturated rings. The number of aromatic amines is 1. The number of aromatic nitrogens is 2. The van der Waals surface area contributed by atoms with E-state index in [1.807, 2.05) is 0 Å². The zero-order valence-corrected chi connectivity index (χ0v) is 10.5. The van der Waals surface area contributed by atoms with E-state index in [2.05, 4.69) is 42.0 Å². The highest BCUT2D eigenvalue weighted by Gasteiger charge is 2.07. The molecule has 4 heteroatoms. The van der Waals surface area contributed by atoms with Crippen molar-refractivity contribution in [3.8, 4) is 0 Å². The van der Waals surface area contributed by atoms with Gasteiger partial charge in [-0.3, -0.25) is 0 Å². The van der Waals surface area contributed by atoms with Crippen LogP contribution in [0, 0.1) is 0 Å². The van der Waals surface area contributed by atoms with Gasteiger partial charge in [0.05, 0.1) is 11.0 Å². The van der Waals surface area contributed by atoms with Crippen molar-refractivity contribution in [1.82, 2.24) is 9.97 Å². The minimum atomic E-state index is 0.395. The number of nitrogens with one attached hydrogen (secondary N) is 1. The first-order chi connectivity index (χ1) is 7.72. The quantitative estimate of drug-likeness (QED) is 0.801. The lowest BCUT2D eigenvalue weighted by Crippen LogP contribution is -2.12. The molecule has 1 heterocycles. The summed E-state index contributed by atoms with van der Waals surface area (Å²) < 4.78 is 0. The van der Waals surface area contributed by atoms with Crippen LogP contribution in [0.4, 0.5) is 0 Å². The molecule has 3 nitrogen and oxygen atoms in total. The van der Waals surface area contributed by atoms with Gasteiger partial charge in [-0.2, -0.15) is 0 Å². The van der Waals surface area contributed by atoms with E-state index in [-0.39, 0.29) is 0 Å². The Morgan fingerprint density at radius 2 is 2.31 bits per heavy atom. The fourth-order valence-corrected chi connectivity index (χ4v) is 2.35. The molecule has 16 heavy (non-hydrogen) atoms. The minimum Gasteiger partial charge on any atom is -0.333 e. The van der Waals surface area contributed by atoms with Crippen molar-refractivity contribution < 1.29 is 0 Å². The Kier molecular flexibility index (Phi) is 3.51. The fourth-order valence-electron chi connectivity index (χ4n) is 1.55. The Morgan fingerprint density at radius 3 is 3.00 bits per heavy atom. The predicted molar refractivity (Wildman–Crippen MR) is 69.8 cm³/mol. The number of rotatable bonds is 4. The van der Waals surface area contributed by atoms with Crippen molar-refractivity contribution in [2.45, 2.75) is 30.7 Å². The molecular formula is C12H17N3S. The average molecular weight is 235 g/mol. The SMILES string of the molecule is CCc1ccc2nc(SC(C)CN)[nH]c2c1. The third kappa shape index (κ3) is 2.39. The maximum absolute atomic E-state index is 5.60. The second kappa shape index (κ2) is 4.89. The summed E-state index contributed by atoms with van der Waals surface area (Å²) in [5.74, 6) is 0. The highest BCUT2D eigenvalue weighted by Crippen LogP contribution is 2.23. The molecule has 0 radical (unpaired) electrons. The maximum atomic E-state index is 5.60. The Morgan fingerprint density at radius 1 is 1.50 bits per heavy atom. The zero-order chi connectivity index (χ0) is 11.5. The summed E-state index contributed by atoms with van der Waals surface area (Å²) >= 11 is 1.69. The third-order valence-corrected chi connectivity index (χ3v) is 3.59. The van der Waals surface area contributed by atoms with E-state index >= 15 is 0 Å². The second-order valence-electron chi connectivity index (χ2n) is 3.91. The van der Waals surface area contributed by atoms with E-state index < -0.39 is 0 Å². The van der Waals surface area contributed by atoms with Gasteiger partial charge in [-0.25, -0.2) is 4.98 Å². The lowest BCUT2D eigenvalue weighted by atomic mass is 10.1. The molecular weight excluding hydrogens is 218 g/mol. The van der Waals surface area contributed by atoms with Crippen molar-refractivity contribution in [3.63, 3.8) is 0 Å². The number of benzene rings is 1. The number of nitrogens with two attached hydrogens (primary N) is 1. The van der Waals surface area contributed by atoms with Gasteiger partial charge in [0, 0.05) is 11.8 Å². The highest BCUT2D eigenvalue weighted by atomic mass is 32.2. The molecule has 0 aliphatic carbocycles. The smallest absolute Gasteiger partial charge is 0.166 e. The van der Waals surface area contributed by atoms with Gasteiger partial charge in [-0.1, -0.05) is 31.7 Å². The van der Waals surface area contributed by atoms with Crippen molar-refractivity contribution in [3.05, 3.63) is 23.8 Å². The molecule has 0 saturated heterocycles. The number of hydrogen-bond donors (Lipinski definition) is 2. The molecule has 1 aromatic carbocycles. The van der Waals surface area contributed by atoms with Crippen LogP contribution in [0.2, 0.25) is 0 Å². The topological polar surface area (TPSA) is 54.7 Å². The first kappa shape index (κ1) is 11.5. The van der Waals surface area contributed by atoms with Crippen molar-refractivity contribution in [2.75, 3.05) is 6.54 Å². The molecule has 0 bridgehead atoms. The van der Waals surface area contributed by atoms with Crippen LogP contribution in [0.5, 0.6) is 0 Å². The van der Waals surface area contributed by atoms with E-state index in [1.165, 1.54) is 5.56 Å². The van der Waals surface area contributed by atoms with Gasteiger partial charge in [0.15, 0.2) is 5.16 Å². The molecule has 2 rings (SSSR count). The Hall–Kier alpha value is -1.00. The summed E-state index contributed by atoms with van der Waals surface area (Å²) in [6, 6.07) is 6.37. The minimum absolute atomic E-state index is 0.395. The number of aryl methyl sites for hydroxylation is 1. The molecule has 0 aliphatic heterocycles. The van der Waals surface area contributed by atoms with Gasteiger partial charge in [0.1, 0.15) is 0 Å². The fraction of sp³-hybridized carbons (Fsp3) is 0.417. The molecule has 0 aliphatic rings. The molecule has 3 N–H and O–H groups in total. The average Bonchev–Trinajstić information content (AvgIpc) is 2.69. The molecule has 1 aromatic heterocycles. The Balaban J connectivity index is 2.29. The molecule has 1 unspecified atom stereocenters. The summed E-state index contributed by atoms with van der Waals surface area (Å²) in [6.07, 6.45) is 1.05. The van der Waals surface area contributed by atoms with E-state index in [0.29, 0.717) is 11.8 Å². The second-order valence-corrected chi connectivity index (χ2v) is 5.34. The monoisotopic (exact) mass is 235 g/mol. The van der Waals surface area contributed by atoms with Crippen molar-refractivity contribution in [1.29, 1.82) is 0 Å². The summed E-state index contributed by atoms with van der Waals surface area (Å²) in [4.78, 5) is 7.86. The maximum Gasteiger partial charge on any atom is 0.166 e. The van der Waals surface area contributed by atoms with Gasteiger partial charge in [-0.05, 0) is 24.1 Å². The van der Waals surface area contributed by atoms with Crippen LogP contribution < -0.4 is 5.73 Å². The van der Waals surface area contributed by atoms with Crippen LogP contribution in [-0.2, 0) is 6.42 Å². The zero-order valence-electron chi connectivity index (χ0n) is 9.66. The normalized spacial score (nSPS) is 13.2. The number of hydrogen-bond acceptors (Lipinski definition) is 3. The highest BCUT2D eigenvalue weighted by molar-refractivity contribution is 7.99. The first-order valence-corrected chi connectivity index (χ1v) is 6.46. The van der Waals surface area contributed by atoms with E-state index in [9.17, 15) is 0 Å². The number of H-pyrrole nitrogens is 1. The van der Waals surface area contributed by atoms with Gasteiger partial charge < -0.3 is 10.7 Å². The standard InChI is InChI=1S/C12H17N3S/c1-3-9-4-5-10-11(6-9)15-12(14-10)16-8(2)7-13/h4-6,8H,3,7,13H2,1-2H3,(H,14,15). The summed E-state index contributed by atoms with van der Waals surface area (Å²) in [6.45, 7) is 4.93. The number of imidazole rings is 1. The van der Waals surface area contributed by atoms with Crippen molar-refractivity contribution >= 4 is 22.8 Å². The van der Waals surface area contributed by atoms with Crippen LogP contribution in [0.3, 0.4) is 0 Å². The largest absolute Gasteiger partial charge is 0.333 e. The van der Waals surface area contributed by atoms with Gasteiger partial charge in [0.2, 0.25) is 0 Å². The van der Waals surface area contributed by atoms with Gasteiger partial charge >= 0.3 is 0 Å². The number of thioether (sulfide) groups is 1. The van der Waals surface area contributed by atoms with Gasteiger partial charge in [0.25, 0.3) is 0 Å². The van der Waals surface area contributed by atoms with E-state index in [4.69, 9.17) is 5.73 Å². The van der Waals surface area contributed by atoms with E-state index in [0.717, 1.165) is 22.6 Å². The molecule has 0 amide bonds. The van der Waals surface area contributed by atoms with Gasteiger partial charge in [-0.15, -0.1) is 0 Å². The molecule has 0 saturated carbocycles. The summed E-state index contributed by atoms with van der Waals surface area (Å²) in [5, 5.41) is 1.35. The van der Waals surface area contributed by atoms with E-state index in [1.54, 1.807) is 11.8 Å². The van der Waals surface area contributed by atoms with Crippen LogP contribution in [0.1, 0.15) is 19.4 Å². The molecule has 2 aromatic rings. The van der Waals surface area contributed by atoms with Crippen LogP contribution >= 0.6 is 11.8 Å². The van der Waals surface area contributed by atoms with Crippen LogP contribution in [-0.4, -0.2) is 21.8 Å².